The van der Waals surface area contributed by atoms with Crippen molar-refractivity contribution in [1.29, 1.82) is 0 Å². The van der Waals surface area contributed by atoms with Gasteiger partial charge in [-0.15, -0.1) is 0 Å². The van der Waals surface area contributed by atoms with E-state index in [1.807, 2.05) is 0 Å². The summed E-state index contributed by atoms with van der Waals surface area (Å²) in [5.41, 5.74) is 8.76. The minimum atomic E-state index is 0.899. The Morgan fingerprint density at radius 2 is 0.778 bits per heavy atom. The molecule has 208 valence electrons. The van der Waals surface area contributed by atoms with Gasteiger partial charge in [0.05, 0.1) is 32.8 Å². The molecule has 3 heteroatoms. The van der Waals surface area contributed by atoms with Crippen molar-refractivity contribution >= 4 is 87.1 Å². The highest BCUT2D eigenvalue weighted by molar-refractivity contribution is 6.34. The van der Waals surface area contributed by atoms with Crippen molar-refractivity contribution in [2.75, 3.05) is 0 Å². The highest BCUT2D eigenvalue weighted by atomic mass is 16.3. The van der Waals surface area contributed by atoms with E-state index in [-0.39, 0.29) is 0 Å². The summed E-state index contributed by atoms with van der Waals surface area (Å²) in [6.45, 7) is 0. The summed E-state index contributed by atoms with van der Waals surface area (Å²) in [6, 6.07) is 52.6. The Bertz CT molecular complexity index is 2940. The van der Waals surface area contributed by atoms with Gasteiger partial charge in [0.25, 0.3) is 0 Å². The van der Waals surface area contributed by atoms with Crippen molar-refractivity contribution in [2.45, 2.75) is 0 Å². The van der Waals surface area contributed by atoms with Crippen LogP contribution in [0, 0.1) is 0 Å². The summed E-state index contributed by atoms with van der Waals surface area (Å²) in [6.07, 6.45) is 0. The molecule has 0 aliphatic heterocycles. The summed E-state index contributed by atoms with van der Waals surface area (Å²) in [5, 5.41) is 12.5. The molecule has 0 atom stereocenters. The van der Waals surface area contributed by atoms with Crippen molar-refractivity contribution in [3.63, 3.8) is 0 Å². The molecule has 0 aliphatic rings. The molecule has 8 aromatic carbocycles. The van der Waals surface area contributed by atoms with Crippen LogP contribution in [0.25, 0.3) is 98.5 Å². The first kappa shape index (κ1) is 23.4. The number of fused-ring (bicyclic) bond motifs is 6. The van der Waals surface area contributed by atoms with Crippen LogP contribution in [0.3, 0.4) is 0 Å². The van der Waals surface area contributed by atoms with E-state index in [2.05, 4.69) is 155 Å². The standard InChI is InChI=1S/C42H24N2O/c1-2-10-25(11-3-1)43-33-16-8-18-37-39(33)41-35(43)22-23-36-42(41)40-34(17-9-19-38(40)45-37)44(36)26-20-21-31-29-14-5-4-12-27(29)28-13-6-7-15-30(28)32(31)24-26/h1-24H. The molecule has 0 spiro atoms. The monoisotopic (exact) mass is 572 g/mol. The van der Waals surface area contributed by atoms with Crippen LogP contribution in [-0.4, -0.2) is 9.13 Å². The molecule has 0 bridgehead atoms. The molecule has 0 saturated heterocycles. The third-order valence-electron chi connectivity index (χ3n) is 9.85. The SMILES string of the molecule is c1ccc(-n2c3cccc4oc5cccc6c5c5c(c43)c2ccc5n6-c2ccc3c4ccccc4c4ccccc4c3c2)cc1. The molecule has 11 rings (SSSR count). The third-order valence-corrected chi connectivity index (χ3v) is 9.85. The molecule has 0 unspecified atom stereocenters. The minimum absolute atomic E-state index is 0.899. The molecular weight excluding hydrogens is 548 g/mol. The second-order valence-corrected chi connectivity index (χ2v) is 12.1. The Labute approximate surface area is 257 Å². The van der Waals surface area contributed by atoms with Crippen molar-refractivity contribution in [3.05, 3.63) is 146 Å². The smallest absolute Gasteiger partial charge is 0.137 e. The molecule has 0 fully saturated rings. The van der Waals surface area contributed by atoms with E-state index in [1.165, 1.54) is 54.1 Å². The lowest BCUT2D eigenvalue weighted by Gasteiger charge is -2.14. The maximum absolute atomic E-state index is 6.80. The number of rotatable bonds is 2. The van der Waals surface area contributed by atoms with Gasteiger partial charge in [-0.1, -0.05) is 84.9 Å². The zero-order valence-corrected chi connectivity index (χ0v) is 24.2. The number of hydrogen-bond acceptors (Lipinski definition) is 1. The van der Waals surface area contributed by atoms with E-state index in [9.17, 15) is 0 Å². The Morgan fingerprint density at radius 1 is 0.311 bits per heavy atom. The number of nitrogens with zero attached hydrogens (tertiary/aromatic N) is 2. The molecule has 11 aromatic rings. The van der Waals surface area contributed by atoms with Gasteiger partial charge in [0.15, 0.2) is 0 Å². The van der Waals surface area contributed by atoms with Crippen LogP contribution >= 0.6 is 0 Å². The Hall–Kier alpha value is -6.06. The average Bonchev–Trinajstić information content (AvgIpc) is 3.57. The highest BCUT2D eigenvalue weighted by Gasteiger charge is 2.24. The minimum Gasteiger partial charge on any atom is -0.456 e. The fourth-order valence-electron chi connectivity index (χ4n) is 8.09. The second kappa shape index (κ2) is 8.31. The number of benzene rings is 8. The van der Waals surface area contributed by atoms with E-state index < -0.39 is 0 Å². The quantitative estimate of drug-likeness (QED) is 0.189. The van der Waals surface area contributed by atoms with E-state index in [4.69, 9.17) is 4.42 Å². The normalized spacial score (nSPS) is 12.4. The molecule has 0 saturated carbocycles. The Balaban J connectivity index is 1.32. The molecule has 0 amide bonds. The fourth-order valence-corrected chi connectivity index (χ4v) is 8.09. The lowest BCUT2D eigenvalue weighted by Crippen LogP contribution is -1.95. The zero-order chi connectivity index (χ0) is 29.2. The van der Waals surface area contributed by atoms with Crippen molar-refractivity contribution in [2.24, 2.45) is 0 Å². The van der Waals surface area contributed by atoms with Crippen LogP contribution in [0.4, 0.5) is 0 Å². The Morgan fingerprint density at radius 3 is 1.36 bits per heavy atom. The van der Waals surface area contributed by atoms with Crippen LogP contribution < -0.4 is 0 Å². The van der Waals surface area contributed by atoms with E-state index in [1.54, 1.807) is 0 Å². The van der Waals surface area contributed by atoms with Gasteiger partial charge < -0.3 is 13.6 Å². The summed E-state index contributed by atoms with van der Waals surface area (Å²) < 4.78 is 11.6. The maximum atomic E-state index is 6.80. The second-order valence-electron chi connectivity index (χ2n) is 12.1. The number of aromatic nitrogens is 2. The predicted molar refractivity (Wildman–Crippen MR) is 189 cm³/mol. The number of para-hydroxylation sites is 1. The van der Waals surface area contributed by atoms with E-state index in [0.29, 0.717) is 0 Å². The van der Waals surface area contributed by atoms with Gasteiger partial charge in [0.2, 0.25) is 0 Å². The topological polar surface area (TPSA) is 23.0 Å². The Kier molecular flexibility index (Phi) is 4.32. The van der Waals surface area contributed by atoms with Crippen LogP contribution in [-0.2, 0) is 0 Å². The lowest BCUT2D eigenvalue weighted by molar-refractivity contribution is 0.664. The largest absolute Gasteiger partial charge is 0.456 e. The van der Waals surface area contributed by atoms with Gasteiger partial charge in [-0.25, -0.2) is 0 Å². The van der Waals surface area contributed by atoms with Crippen molar-refractivity contribution in [3.8, 4) is 11.4 Å². The van der Waals surface area contributed by atoms with Crippen LogP contribution in [0.5, 0.6) is 0 Å². The van der Waals surface area contributed by atoms with Gasteiger partial charge in [-0.2, -0.15) is 0 Å². The third kappa shape index (κ3) is 2.90. The van der Waals surface area contributed by atoms with Crippen molar-refractivity contribution in [1.82, 2.24) is 9.13 Å². The summed E-state index contributed by atoms with van der Waals surface area (Å²) in [4.78, 5) is 0. The highest BCUT2D eigenvalue weighted by Crippen LogP contribution is 2.47. The first-order valence-electron chi connectivity index (χ1n) is 15.5. The van der Waals surface area contributed by atoms with Gasteiger partial charge in [-0.05, 0) is 93.0 Å². The molecule has 0 N–H and O–H groups in total. The van der Waals surface area contributed by atoms with Gasteiger partial charge >= 0.3 is 0 Å². The van der Waals surface area contributed by atoms with E-state index >= 15 is 0 Å². The number of hydrogen-bond donors (Lipinski definition) is 0. The average molecular weight is 573 g/mol. The van der Waals surface area contributed by atoms with Crippen LogP contribution in [0.1, 0.15) is 0 Å². The molecule has 0 aliphatic carbocycles. The van der Waals surface area contributed by atoms with Crippen LogP contribution in [0.2, 0.25) is 0 Å². The van der Waals surface area contributed by atoms with Gasteiger partial charge in [0, 0.05) is 22.1 Å². The molecular formula is C42H24N2O. The summed E-state index contributed by atoms with van der Waals surface area (Å²) in [7, 11) is 0. The summed E-state index contributed by atoms with van der Waals surface area (Å²) in [5.74, 6) is 0. The maximum Gasteiger partial charge on any atom is 0.137 e. The van der Waals surface area contributed by atoms with Crippen LogP contribution in [0.15, 0.2) is 150 Å². The zero-order valence-electron chi connectivity index (χ0n) is 24.2. The first-order chi connectivity index (χ1) is 22.3. The summed E-state index contributed by atoms with van der Waals surface area (Å²) >= 11 is 0. The van der Waals surface area contributed by atoms with Crippen molar-refractivity contribution < 1.29 is 4.42 Å². The molecule has 3 aromatic heterocycles. The van der Waals surface area contributed by atoms with E-state index in [0.717, 1.165) is 44.3 Å². The molecule has 3 heterocycles. The molecule has 45 heavy (non-hydrogen) atoms. The fraction of sp³-hybridized carbons (Fsp3) is 0. The molecule has 3 nitrogen and oxygen atoms in total. The first-order valence-corrected chi connectivity index (χ1v) is 15.5. The predicted octanol–water partition coefficient (Wildman–Crippen LogP) is 11.5. The lowest BCUT2D eigenvalue weighted by atomic mass is 9.94. The van der Waals surface area contributed by atoms with Gasteiger partial charge in [-0.3, -0.25) is 0 Å². The van der Waals surface area contributed by atoms with Gasteiger partial charge in [0.1, 0.15) is 11.2 Å². The molecule has 0 radical (unpaired) electrons.